The van der Waals surface area contributed by atoms with E-state index in [1.54, 1.807) is 4.57 Å². The Morgan fingerprint density at radius 3 is 2.74 bits per heavy atom. The van der Waals surface area contributed by atoms with Gasteiger partial charge in [-0.05, 0) is 36.1 Å². The molecule has 136 valence electrons. The zero-order valence-electron chi connectivity index (χ0n) is 15.5. The first kappa shape index (κ1) is 16.1. The first-order chi connectivity index (χ1) is 13.0. The topological polar surface area (TPSA) is 60.5 Å². The molecule has 2 aromatic carbocycles. The number of allylic oxidation sites excluding steroid dienone is 2. The second-order valence-corrected chi connectivity index (χ2v) is 7.30. The number of pyridine rings is 1. The number of hydrogen-bond donors (Lipinski definition) is 1. The molecular formula is C22H21N3O2. The molecule has 0 fully saturated rings. The van der Waals surface area contributed by atoms with Crippen molar-refractivity contribution in [3.8, 4) is 5.75 Å². The van der Waals surface area contributed by atoms with Gasteiger partial charge in [-0.25, -0.2) is 0 Å². The summed E-state index contributed by atoms with van der Waals surface area (Å²) in [5, 5.41) is 2.69. The molecule has 5 rings (SSSR count). The second kappa shape index (κ2) is 5.47. The van der Waals surface area contributed by atoms with Gasteiger partial charge in [-0.1, -0.05) is 24.8 Å². The van der Waals surface area contributed by atoms with Gasteiger partial charge < -0.3 is 19.9 Å². The van der Waals surface area contributed by atoms with E-state index in [4.69, 9.17) is 10.5 Å². The Morgan fingerprint density at radius 1 is 1.26 bits per heavy atom. The molecule has 0 aliphatic carbocycles. The van der Waals surface area contributed by atoms with Gasteiger partial charge in [-0.2, -0.15) is 0 Å². The highest BCUT2D eigenvalue weighted by Gasteiger charge is 2.35. The van der Waals surface area contributed by atoms with Crippen molar-refractivity contribution < 1.29 is 4.74 Å². The number of aryl methyl sites for hydroxylation is 1. The fourth-order valence-corrected chi connectivity index (χ4v) is 4.42. The number of nitrogens with two attached hydrogens (primary N) is 1. The molecule has 0 spiro atoms. The van der Waals surface area contributed by atoms with Crippen molar-refractivity contribution in [3.05, 3.63) is 64.6 Å². The monoisotopic (exact) mass is 359 g/mol. The summed E-state index contributed by atoms with van der Waals surface area (Å²) < 4.78 is 7.92. The first-order valence-electron chi connectivity index (χ1n) is 9.11. The van der Waals surface area contributed by atoms with E-state index in [1.807, 2.05) is 31.3 Å². The minimum Gasteiger partial charge on any atom is -0.487 e. The molecular weight excluding hydrogens is 338 g/mol. The van der Waals surface area contributed by atoms with Crippen molar-refractivity contribution >= 4 is 32.9 Å². The predicted octanol–water partition coefficient (Wildman–Crippen LogP) is 3.15. The van der Waals surface area contributed by atoms with Crippen LogP contribution in [-0.4, -0.2) is 23.8 Å². The summed E-state index contributed by atoms with van der Waals surface area (Å²) >= 11 is 0. The number of ether oxygens (including phenoxy) is 1. The lowest BCUT2D eigenvalue weighted by Crippen LogP contribution is -2.47. The lowest BCUT2D eigenvalue weighted by atomic mass is 9.92. The van der Waals surface area contributed by atoms with Gasteiger partial charge in [0, 0.05) is 35.6 Å². The molecule has 0 saturated carbocycles. The van der Waals surface area contributed by atoms with Crippen LogP contribution in [-0.2, 0) is 7.05 Å². The Morgan fingerprint density at radius 2 is 2.00 bits per heavy atom. The largest absolute Gasteiger partial charge is 0.487 e. The number of anilines is 1. The summed E-state index contributed by atoms with van der Waals surface area (Å²) in [6, 6.07) is 9.95. The smallest absolute Gasteiger partial charge is 0.258 e. The summed E-state index contributed by atoms with van der Waals surface area (Å²) in [7, 11) is 1.81. The minimum absolute atomic E-state index is 0.0210. The molecule has 2 aliphatic heterocycles. The van der Waals surface area contributed by atoms with Gasteiger partial charge in [0.05, 0.1) is 17.2 Å². The van der Waals surface area contributed by atoms with E-state index in [2.05, 4.69) is 30.5 Å². The van der Waals surface area contributed by atoms with Crippen LogP contribution in [0.25, 0.3) is 27.2 Å². The maximum absolute atomic E-state index is 13.0. The number of benzene rings is 2. The SMILES string of the molecule is C=C1C=C(C)c2cc3c4ccccc4c(=O)n(C)c3c3c2N1[C@@H](CN)CO3. The highest BCUT2D eigenvalue weighted by molar-refractivity contribution is 6.12. The number of rotatable bonds is 1. The van der Waals surface area contributed by atoms with E-state index in [0.717, 1.165) is 44.6 Å². The Kier molecular flexibility index (Phi) is 3.27. The zero-order chi connectivity index (χ0) is 18.9. The quantitative estimate of drug-likeness (QED) is 0.678. The molecule has 2 aliphatic rings. The van der Waals surface area contributed by atoms with Gasteiger partial charge in [-0.3, -0.25) is 4.79 Å². The summed E-state index contributed by atoms with van der Waals surface area (Å²) in [5.74, 6) is 0.742. The molecule has 3 heterocycles. The molecule has 0 saturated heterocycles. The highest BCUT2D eigenvalue weighted by atomic mass is 16.5. The molecule has 5 heteroatoms. The molecule has 3 aromatic rings. The lowest BCUT2D eigenvalue weighted by Gasteiger charge is -2.42. The average molecular weight is 359 g/mol. The van der Waals surface area contributed by atoms with E-state index >= 15 is 0 Å². The Labute approximate surface area is 156 Å². The molecule has 0 amide bonds. The van der Waals surface area contributed by atoms with E-state index < -0.39 is 0 Å². The van der Waals surface area contributed by atoms with Crippen molar-refractivity contribution in [1.82, 2.24) is 4.57 Å². The second-order valence-electron chi connectivity index (χ2n) is 7.30. The van der Waals surface area contributed by atoms with Crippen LogP contribution in [0, 0.1) is 0 Å². The van der Waals surface area contributed by atoms with Gasteiger partial charge in [0.15, 0.2) is 5.75 Å². The van der Waals surface area contributed by atoms with Crippen molar-refractivity contribution in [2.75, 3.05) is 18.1 Å². The van der Waals surface area contributed by atoms with Crippen LogP contribution >= 0.6 is 0 Å². The summed E-state index contributed by atoms with van der Waals surface area (Å²) in [4.78, 5) is 15.1. The maximum atomic E-state index is 13.0. The van der Waals surface area contributed by atoms with Crippen molar-refractivity contribution in [2.45, 2.75) is 13.0 Å². The third-order valence-electron chi connectivity index (χ3n) is 5.73. The van der Waals surface area contributed by atoms with E-state index in [-0.39, 0.29) is 11.6 Å². The lowest BCUT2D eigenvalue weighted by molar-refractivity contribution is 0.272. The fraction of sp³-hybridized carbons (Fsp3) is 0.227. The third-order valence-corrected chi connectivity index (χ3v) is 5.73. The van der Waals surface area contributed by atoms with Gasteiger partial charge in [-0.15, -0.1) is 0 Å². The van der Waals surface area contributed by atoms with Crippen molar-refractivity contribution in [2.24, 2.45) is 12.8 Å². The average Bonchev–Trinajstić information content (AvgIpc) is 2.68. The van der Waals surface area contributed by atoms with Crippen LogP contribution in [0.5, 0.6) is 5.75 Å². The molecule has 2 N–H and O–H groups in total. The molecule has 0 bridgehead atoms. The van der Waals surface area contributed by atoms with Crippen LogP contribution in [0.3, 0.4) is 0 Å². The first-order valence-corrected chi connectivity index (χ1v) is 9.11. The van der Waals surface area contributed by atoms with Gasteiger partial charge in [0.25, 0.3) is 5.56 Å². The van der Waals surface area contributed by atoms with Crippen LogP contribution in [0.4, 0.5) is 5.69 Å². The molecule has 0 unspecified atom stereocenters. The van der Waals surface area contributed by atoms with Gasteiger partial charge >= 0.3 is 0 Å². The highest BCUT2D eigenvalue weighted by Crippen LogP contribution is 2.49. The molecule has 5 nitrogen and oxygen atoms in total. The Bertz CT molecular complexity index is 1240. The summed E-state index contributed by atoms with van der Waals surface area (Å²) in [6.07, 6.45) is 2.09. The molecule has 27 heavy (non-hydrogen) atoms. The zero-order valence-corrected chi connectivity index (χ0v) is 15.5. The number of fused-ring (bicyclic) bond motifs is 4. The van der Waals surface area contributed by atoms with Gasteiger partial charge in [0.1, 0.15) is 6.61 Å². The van der Waals surface area contributed by atoms with Crippen molar-refractivity contribution in [3.63, 3.8) is 0 Å². The fourth-order valence-electron chi connectivity index (χ4n) is 4.42. The number of aromatic nitrogens is 1. The summed E-state index contributed by atoms with van der Waals surface area (Å²) in [6.45, 7) is 7.25. The Balaban J connectivity index is 2.01. The van der Waals surface area contributed by atoms with Gasteiger partial charge in [0.2, 0.25) is 0 Å². The third kappa shape index (κ3) is 2.00. The standard InChI is InChI=1S/C22H21N3O2/c1-12-8-13(2)25-14(10-23)11-27-21-19-18(9-17(12)20(21)25)15-6-4-5-7-16(15)22(26)24(19)3/h4-9,14H,2,10-11,23H2,1,3H3/t14-/m0/s1. The predicted molar refractivity (Wildman–Crippen MR) is 110 cm³/mol. The number of hydrogen-bond acceptors (Lipinski definition) is 4. The van der Waals surface area contributed by atoms with Crippen LogP contribution in [0.1, 0.15) is 12.5 Å². The normalized spacial score (nSPS) is 18.5. The molecule has 0 radical (unpaired) electrons. The molecule has 1 aromatic heterocycles. The van der Waals surface area contributed by atoms with E-state index in [0.29, 0.717) is 18.5 Å². The van der Waals surface area contributed by atoms with Crippen LogP contribution < -0.4 is 20.9 Å². The van der Waals surface area contributed by atoms with E-state index in [1.165, 1.54) is 0 Å². The van der Waals surface area contributed by atoms with Crippen molar-refractivity contribution in [1.29, 1.82) is 0 Å². The Hall–Kier alpha value is -3.05. The van der Waals surface area contributed by atoms with E-state index in [9.17, 15) is 4.79 Å². The van der Waals surface area contributed by atoms with Crippen LogP contribution in [0.15, 0.2) is 53.5 Å². The number of nitrogens with zero attached hydrogens (tertiary/aromatic N) is 2. The maximum Gasteiger partial charge on any atom is 0.258 e. The molecule has 1 atom stereocenters. The minimum atomic E-state index is -0.0210. The summed E-state index contributed by atoms with van der Waals surface area (Å²) in [5.41, 5.74) is 10.9. The van der Waals surface area contributed by atoms with Crippen LogP contribution in [0.2, 0.25) is 0 Å².